The molecule has 96 valence electrons. The van der Waals surface area contributed by atoms with Gasteiger partial charge in [-0.2, -0.15) is 0 Å². The van der Waals surface area contributed by atoms with Crippen molar-refractivity contribution in [3.05, 3.63) is 64.2 Å². The fourth-order valence-electron chi connectivity index (χ4n) is 2.35. The fraction of sp³-hybridized carbons (Fsp3) is 0.133. The maximum Gasteiger partial charge on any atom is 0.228 e. The minimum absolute atomic E-state index is 0.00324. The number of rotatable bonds is 2. The smallest absolute Gasteiger partial charge is 0.228 e. The van der Waals surface area contributed by atoms with Crippen LogP contribution in [0.3, 0.4) is 0 Å². The molecule has 1 aliphatic heterocycles. The minimum Gasteiger partial charge on any atom is -0.325 e. The van der Waals surface area contributed by atoms with Crippen LogP contribution in [0.5, 0.6) is 0 Å². The molecule has 1 amide bonds. The van der Waals surface area contributed by atoms with Gasteiger partial charge >= 0.3 is 0 Å². The summed E-state index contributed by atoms with van der Waals surface area (Å²) in [4.78, 5) is 11.4. The van der Waals surface area contributed by atoms with Crippen molar-refractivity contribution in [1.82, 2.24) is 0 Å². The van der Waals surface area contributed by atoms with Crippen LogP contribution < -0.4 is 11.1 Å². The number of hydrogen-bond donors (Lipinski definition) is 2. The number of anilines is 1. The Bertz CT molecular complexity index is 640. The van der Waals surface area contributed by atoms with Gasteiger partial charge in [-0.25, -0.2) is 0 Å². The van der Waals surface area contributed by atoms with Crippen LogP contribution >= 0.6 is 11.6 Å². The molecule has 2 aromatic carbocycles. The quantitative estimate of drug-likeness (QED) is 0.883. The van der Waals surface area contributed by atoms with E-state index < -0.39 is 0 Å². The van der Waals surface area contributed by atoms with Gasteiger partial charge in [0.1, 0.15) is 0 Å². The van der Waals surface area contributed by atoms with E-state index >= 15 is 0 Å². The molecule has 3 N–H and O–H groups in total. The van der Waals surface area contributed by atoms with E-state index in [0.717, 1.165) is 22.4 Å². The summed E-state index contributed by atoms with van der Waals surface area (Å²) in [7, 11) is 0. The largest absolute Gasteiger partial charge is 0.325 e. The van der Waals surface area contributed by atoms with Gasteiger partial charge in [0.25, 0.3) is 0 Å². The average Bonchev–Trinajstić information content (AvgIpc) is 2.77. The van der Waals surface area contributed by atoms with Gasteiger partial charge in [-0.3, -0.25) is 4.79 Å². The van der Waals surface area contributed by atoms with Gasteiger partial charge in [0.05, 0.1) is 12.5 Å². The number of amides is 1. The summed E-state index contributed by atoms with van der Waals surface area (Å²) < 4.78 is 0. The Morgan fingerprint density at radius 2 is 1.95 bits per heavy atom. The summed E-state index contributed by atoms with van der Waals surface area (Å²) >= 11 is 6.27. The molecule has 1 atom stereocenters. The number of carbonyl (C=O) groups is 1. The van der Waals surface area contributed by atoms with Gasteiger partial charge < -0.3 is 11.1 Å². The number of benzene rings is 2. The van der Waals surface area contributed by atoms with Gasteiger partial charge in [-0.15, -0.1) is 0 Å². The van der Waals surface area contributed by atoms with Gasteiger partial charge in [0, 0.05) is 10.7 Å². The second-order valence-corrected chi connectivity index (χ2v) is 5.05. The third-order valence-corrected chi connectivity index (χ3v) is 3.67. The summed E-state index contributed by atoms with van der Waals surface area (Å²) in [5.74, 6) is -0.00324. The fourth-order valence-corrected chi connectivity index (χ4v) is 2.63. The Balaban J connectivity index is 2.02. The van der Waals surface area contributed by atoms with E-state index in [1.54, 1.807) is 6.07 Å². The molecule has 0 spiro atoms. The average molecular weight is 273 g/mol. The van der Waals surface area contributed by atoms with Crippen molar-refractivity contribution in [3.8, 4) is 0 Å². The molecule has 1 aliphatic rings. The number of carbonyl (C=O) groups excluding carboxylic acids is 1. The molecule has 0 bridgehead atoms. The van der Waals surface area contributed by atoms with E-state index in [4.69, 9.17) is 17.3 Å². The highest BCUT2D eigenvalue weighted by molar-refractivity contribution is 6.32. The first kappa shape index (κ1) is 12.2. The van der Waals surface area contributed by atoms with Crippen LogP contribution in [-0.4, -0.2) is 5.91 Å². The van der Waals surface area contributed by atoms with Crippen molar-refractivity contribution in [2.45, 2.75) is 12.5 Å². The molecule has 0 saturated carbocycles. The molecular formula is C15H13ClN2O. The summed E-state index contributed by atoms with van der Waals surface area (Å²) in [5.41, 5.74) is 9.85. The van der Waals surface area contributed by atoms with Crippen LogP contribution in [0.4, 0.5) is 5.69 Å². The van der Waals surface area contributed by atoms with Crippen molar-refractivity contribution in [3.63, 3.8) is 0 Å². The van der Waals surface area contributed by atoms with Crippen LogP contribution in [0.25, 0.3) is 0 Å². The lowest BCUT2D eigenvalue weighted by Gasteiger charge is -2.15. The SMILES string of the molecule is NC(c1ccccc1)c1cc2c(cc1Cl)NC(=O)C2. The highest BCUT2D eigenvalue weighted by Gasteiger charge is 2.22. The molecule has 1 heterocycles. The summed E-state index contributed by atoms with van der Waals surface area (Å²) in [6, 6.07) is 13.2. The lowest BCUT2D eigenvalue weighted by molar-refractivity contribution is -0.115. The van der Waals surface area contributed by atoms with Crippen LogP contribution in [0.15, 0.2) is 42.5 Å². The van der Waals surface area contributed by atoms with E-state index in [2.05, 4.69) is 5.32 Å². The highest BCUT2D eigenvalue weighted by atomic mass is 35.5. The first-order chi connectivity index (χ1) is 9.15. The number of nitrogens with one attached hydrogen (secondary N) is 1. The normalized spacial score (nSPS) is 14.9. The van der Waals surface area contributed by atoms with Crippen LogP contribution in [0.1, 0.15) is 22.7 Å². The molecule has 19 heavy (non-hydrogen) atoms. The molecule has 1 unspecified atom stereocenters. The predicted molar refractivity (Wildman–Crippen MR) is 76.3 cm³/mol. The first-order valence-corrected chi connectivity index (χ1v) is 6.45. The Labute approximate surface area is 116 Å². The highest BCUT2D eigenvalue weighted by Crippen LogP contribution is 2.34. The standard InChI is InChI=1S/C15H13ClN2O/c16-12-8-13-10(7-14(19)18-13)6-11(12)15(17)9-4-2-1-3-5-9/h1-6,8,15H,7,17H2,(H,18,19). The molecule has 3 nitrogen and oxygen atoms in total. The molecule has 4 heteroatoms. The van der Waals surface area contributed by atoms with E-state index in [-0.39, 0.29) is 11.9 Å². The lowest BCUT2D eigenvalue weighted by atomic mass is 9.97. The second kappa shape index (κ2) is 4.68. The number of halogens is 1. The maximum absolute atomic E-state index is 11.4. The first-order valence-electron chi connectivity index (χ1n) is 6.08. The number of nitrogens with two attached hydrogens (primary N) is 1. The van der Waals surface area contributed by atoms with Crippen molar-refractivity contribution < 1.29 is 4.79 Å². The van der Waals surface area contributed by atoms with Crippen molar-refractivity contribution >= 4 is 23.2 Å². The third kappa shape index (κ3) is 2.23. The van der Waals surface area contributed by atoms with E-state index in [0.29, 0.717) is 11.4 Å². The topological polar surface area (TPSA) is 55.1 Å². The second-order valence-electron chi connectivity index (χ2n) is 4.64. The van der Waals surface area contributed by atoms with Crippen LogP contribution in [0.2, 0.25) is 5.02 Å². The molecule has 0 radical (unpaired) electrons. The van der Waals surface area contributed by atoms with Gasteiger partial charge in [0.15, 0.2) is 0 Å². The Morgan fingerprint density at radius 1 is 1.21 bits per heavy atom. The van der Waals surface area contributed by atoms with Gasteiger partial charge in [-0.05, 0) is 28.8 Å². The molecule has 2 aromatic rings. The van der Waals surface area contributed by atoms with Crippen molar-refractivity contribution in [1.29, 1.82) is 0 Å². The van der Waals surface area contributed by atoms with E-state index in [9.17, 15) is 4.79 Å². The van der Waals surface area contributed by atoms with Crippen LogP contribution in [0, 0.1) is 0 Å². The molecule has 0 fully saturated rings. The number of fused-ring (bicyclic) bond motifs is 1. The summed E-state index contributed by atoms with van der Waals surface area (Å²) in [5, 5.41) is 3.36. The maximum atomic E-state index is 11.4. The Kier molecular flexibility index (Phi) is 3.01. The number of hydrogen-bond acceptors (Lipinski definition) is 2. The third-order valence-electron chi connectivity index (χ3n) is 3.34. The molecule has 0 saturated heterocycles. The molecule has 3 rings (SSSR count). The summed E-state index contributed by atoms with van der Waals surface area (Å²) in [6.07, 6.45) is 0.390. The zero-order chi connectivity index (χ0) is 13.4. The summed E-state index contributed by atoms with van der Waals surface area (Å²) in [6.45, 7) is 0. The Morgan fingerprint density at radius 3 is 2.68 bits per heavy atom. The van der Waals surface area contributed by atoms with Crippen molar-refractivity contribution in [2.24, 2.45) is 5.73 Å². The molecule has 0 aromatic heterocycles. The monoisotopic (exact) mass is 272 g/mol. The minimum atomic E-state index is -0.283. The van der Waals surface area contributed by atoms with E-state index in [1.165, 1.54) is 0 Å². The molecular weight excluding hydrogens is 260 g/mol. The lowest BCUT2D eigenvalue weighted by Crippen LogP contribution is -2.12. The van der Waals surface area contributed by atoms with Crippen LogP contribution in [-0.2, 0) is 11.2 Å². The van der Waals surface area contributed by atoms with Gasteiger partial charge in [-0.1, -0.05) is 41.9 Å². The van der Waals surface area contributed by atoms with Gasteiger partial charge in [0.2, 0.25) is 5.91 Å². The predicted octanol–water partition coefficient (Wildman–Crippen LogP) is 2.88. The molecule has 0 aliphatic carbocycles. The zero-order valence-electron chi connectivity index (χ0n) is 10.2. The zero-order valence-corrected chi connectivity index (χ0v) is 10.9. The van der Waals surface area contributed by atoms with E-state index in [1.807, 2.05) is 36.4 Å². The van der Waals surface area contributed by atoms with Crippen molar-refractivity contribution in [2.75, 3.05) is 5.32 Å². The Hall–Kier alpha value is -1.84.